The van der Waals surface area contributed by atoms with Crippen LogP contribution >= 0.6 is 11.3 Å². The Kier molecular flexibility index (Phi) is 6.61. The van der Waals surface area contributed by atoms with Crippen LogP contribution in [0.2, 0.25) is 0 Å². The van der Waals surface area contributed by atoms with Crippen molar-refractivity contribution in [2.75, 3.05) is 5.32 Å². The summed E-state index contributed by atoms with van der Waals surface area (Å²) in [7, 11) is 0. The summed E-state index contributed by atoms with van der Waals surface area (Å²) in [5, 5.41) is 8.09. The number of anilines is 1. The van der Waals surface area contributed by atoms with Crippen molar-refractivity contribution in [3.8, 4) is 5.75 Å². The molecular weight excluding hydrogens is 424 g/mol. The first-order valence-electron chi connectivity index (χ1n) is 10.4. The Morgan fingerprint density at radius 2 is 1.94 bits per heavy atom. The minimum atomic E-state index is -0.226. The highest BCUT2D eigenvalue weighted by atomic mass is 32.1. The Balaban J connectivity index is 1.37. The molecule has 1 N–H and O–H groups in total. The topological polar surface area (TPSA) is 85.6 Å². The third-order valence-electron chi connectivity index (χ3n) is 4.80. The third-order valence-corrected chi connectivity index (χ3v) is 6.00. The van der Waals surface area contributed by atoms with Gasteiger partial charge in [-0.15, -0.1) is 0 Å². The van der Waals surface area contributed by atoms with Crippen molar-refractivity contribution in [2.45, 2.75) is 39.2 Å². The van der Waals surface area contributed by atoms with Gasteiger partial charge in [0.05, 0.1) is 5.69 Å². The molecular formula is C24H24N4O3S. The lowest BCUT2D eigenvalue weighted by Crippen LogP contribution is -2.16. The molecule has 2 aromatic heterocycles. The quantitative estimate of drug-likeness (QED) is 0.431. The Hall–Kier alpha value is -3.52. The van der Waals surface area contributed by atoms with E-state index in [1.54, 1.807) is 12.1 Å². The molecule has 0 saturated heterocycles. The van der Waals surface area contributed by atoms with Crippen molar-refractivity contribution >= 4 is 27.9 Å². The van der Waals surface area contributed by atoms with Crippen molar-refractivity contribution in [3.63, 3.8) is 0 Å². The van der Waals surface area contributed by atoms with Crippen molar-refractivity contribution in [1.82, 2.24) is 14.6 Å². The van der Waals surface area contributed by atoms with E-state index in [2.05, 4.69) is 15.4 Å². The van der Waals surface area contributed by atoms with E-state index in [-0.39, 0.29) is 24.0 Å². The van der Waals surface area contributed by atoms with E-state index in [0.717, 1.165) is 10.6 Å². The molecule has 0 aliphatic carbocycles. The van der Waals surface area contributed by atoms with Gasteiger partial charge in [-0.25, -0.2) is 4.98 Å². The van der Waals surface area contributed by atoms with Gasteiger partial charge >= 0.3 is 0 Å². The first-order valence-corrected chi connectivity index (χ1v) is 11.3. The number of hydrogen-bond donors (Lipinski definition) is 1. The summed E-state index contributed by atoms with van der Waals surface area (Å²) in [5.74, 6) is 0.753. The van der Waals surface area contributed by atoms with Gasteiger partial charge in [0.15, 0.2) is 0 Å². The highest BCUT2D eigenvalue weighted by Crippen LogP contribution is 2.21. The summed E-state index contributed by atoms with van der Waals surface area (Å²) >= 11 is 1.41. The van der Waals surface area contributed by atoms with Crippen molar-refractivity contribution < 1.29 is 9.53 Å². The molecule has 2 heterocycles. The number of nitrogens with zero attached hydrogens (tertiary/aromatic N) is 3. The third kappa shape index (κ3) is 5.39. The van der Waals surface area contributed by atoms with Crippen molar-refractivity contribution in [3.05, 3.63) is 87.3 Å². The van der Waals surface area contributed by atoms with Gasteiger partial charge in [0.1, 0.15) is 17.4 Å². The van der Waals surface area contributed by atoms with Gasteiger partial charge in [0.25, 0.3) is 5.56 Å². The van der Waals surface area contributed by atoms with E-state index in [4.69, 9.17) is 4.74 Å². The molecule has 0 unspecified atom stereocenters. The van der Waals surface area contributed by atoms with Crippen LogP contribution in [-0.4, -0.2) is 20.5 Å². The van der Waals surface area contributed by atoms with E-state index in [9.17, 15) is 9.59 Å². The maximum atomic E-state index is 12.4. The second-order valence-electron chi connectivity index (χ2n) is 7.73. The monoisotopic (exact) mass is 448 g/mol. The molecule has 2 aromatic carbocycles. The van der Waals surface area contributed by atoms with E-state index in [0.29, 0.717) is 34.9 Å². The van der Waals surface area contributed by atoms with Gasteiger partial charge < -0.3 is 10.1 Å². The first kappa shape index (κ1) is 21.7. The molecule has 0 spiro atoms. The van der Waals surface area contributed by atoms with Crippen LogP contribution in [0.15, 0.2) is 65.5 Å². The Bertz CT molecular complexity index is 1280. The smallest absolute Gasteiger partial charge is 0.275 e. The second-order valence-corrected chi connectivity index (χ2v) is 8.71. The Morgan fingerprint density at radius 1 is 1.12 bits per heavy atom. The predicted octanol–water partition coefficient (Wildman–Crippen LogP) is 4.42. The van der Waals surface area contributed by atoms with Crippen LogP contribution in [0.4, 0.5) is 5.69 Å². The number of benzene rings is 2. The highest BCUT2D eigenvalue weighted by molar-refractivity contribution is 7.16. The maximum absolute atomic E-state index is 12.4. The molecule has 7 nitrogen and oxygen atoms in total. The summed E-state index contributed by atoms with van der Waals surface area (Å²) in [6, 6.07) is 18.5. The van der Waals surface area contributed by atoms with Gasteiger partial charge in [-0.05, 0) is 24.1 Å². The van der Waals surface area contributed by atoms with E-state index in [1.165, 1.54) is 21.9 Å². The molecule has 0 aliphatic rings. The molecule has 8 heteroatoms. The first-order chi connectivity index (χ1) is 15.5. The fourth-order valence-corrected chi connectivity index (χ4v) is 4.05. The van der Waals surface area contributed by atoms with E-state index < -0.39 is 0 Å². The van der Waals surface area contributed by atoms with Gasteiger partial charge in [-0.1, -0.05) is 61.6 Å². The summed E-state index contributed by atoms with van der Waals surface area (Å²) in [4.78, 5) is 29.7. The molecule has 0 radical (unpaired) electrons. The SMILES string of the molecule is CC(C)c1nn2c(=O)cc(COc3cccc(NC(=O)CCc4ccccc4)c3)nc2s1. The number of fused-ring (bicyclic) bond motifs is 1. The predicted molar refractivity (Wildman–Crippen MR) is 125 cm³/mol. The van der Waals surface area contributed by atoms with Crippen LogP contribution < -0.4 is 15.6 Å². The maximum Gasteiger partial charge on any atom is 0.275 e. The van der Waals surface area contributed by atoms with Crippen molar-refractivity contribution in [2.24, 2.45) is 0 Å². The van der Waals surface area contributed by atoms with Gasteiger partial charge in [-0.3, -0.25) is 9.59 Å². The standard InChI is InChI=1S/C24H24N4O3S/c1-16(2)23-27-28-22(30)14-19(26-24(28)32-23)15-31-20-10-6-9-18(13-20)25-21(29)12-11-17-7-4-3-5-8-17/h3-10,13-14,16H,11-12,15H2,1-2H3,(H,25,29). The molecule has 4 rings (SSSR count). The van der Waals surface area contributed by atoms with Crippen LogP contribution in [0.5, 0.6) is 5.75 Å². The number of amides is 1. The Labute approximate surface area is 189 Å². The van der Waals surface area contributed by atoms with Crippen molar-refractivity contribution in [1.29, 1.82) is 0 Å². The minimum absolute atomic E-state index is 0.0581. The number of rotatable bonds is 8. The summed E-state index contributed by atoms with van der Waals surface area (Å²) in [5.41, 5.74) is 2.09. The number of hydrogen-bond acceptors (Lipinski definition) is 6. The Morgan fingerprint density at radius 3 is 2.72 bits per heavy atom. The van der Waals surface area contributed by atoms with Gasteiger partial charge in [-0.2, -0.15) is 9.61 Å². The van der Waals surface area contributed by atoms with Crippen LogP contribution in [0.1, 0.15) is 42.5 Å². The fourth-order valence-electron chi connectivity index (χ4n) is 3.13. The molecule has 0 atom stereocenters. The fraction of sp³-hybridized carbons (Fsp3) is 0.250. The van der Waals surface area contributed by atoms with E-state index >= 15 is 0 Å². The average molecular weight is 449 g/mol. The lowest BCUT2D eigenvalue weighted by Gasteiger charge is -2.09. The summed E-state index contributed by atoms with van der Waals surface area (Å²) < 4.78 is 7.15. The summed E-state index contributed by atoms with van der Waals surface area (Å²) in [6.07, 6.45) is 1.08. The molecule has 0 fully saturated rings. The minimum Gasteiger partial charge on any atom is -0.487 e. The zero-order valence-electron chi connectivity index (χ0n) is 17.9. The summed E-state index contributed by atoms with van der Waals surface area (Å²) in [6.45, 7) is 4.20. The molecule has 164 valence electrons. The number of carbonyl (C=O) groups excluding carboxylic acids is 1. The van der Waals surface area contributed by atoms with Gasteiger partial charge in [0, 0.05) is 30.2 Å². The zero-order valence-corrected chi connectivity index (χ0v) is 18.8. The highest BCUT2D eigenvalue weighted by Gasteiger charge is 2.12. The number of ether oxygens (including phenoxy) is 1. The van der Waals surface area contributed by atoms with Crippen LogP contribution in [-0.2, 0) is 17.8 Å². The number of carbonyl (C=O) groups is 1. The van der Waals surface area contributed by atoms with Gasteiger partial charge in [0.2, 0.25) is 10.9 Å². The second kappa shape index (κ2) is 9.74. The lowest BCUT2D eigenvalue weighted by atomic mass is 10.1. The molecule has 4 aromatic rings. The molecule has 0 bridgehead atoms. The number of aromatic nitrogens is 3. The molecule has 1 amide bonds. The molecule has 32 heavy (non-hydrogen) atoms. The number of nitrogens with one attached hydrogen (secondary N) is 1. The molecule has 0 saturated carbocycles. The van der Waals surface area contributed by atoms with Crippen LogP contribution in [0.3, 0.4) is 0 Å². The largest absolute Gasteiger partial charge is 0.487 e. The normalized spacial score (nSPS) is 11.1. The zero-order chi connectivity index (χ0) is 22.5. The van der Waals surface area contributed by atoms with E-state index in [1.807, 2.05) is 56.3 Å². The van der Waals surface area contributed by atoms with Crippen LogP contribution in [0, 0.1) is 0 Å². The molecule has 0 aliphatic heterocycles. The average Bonchev–Trinajstić information content (AvgIpc) is 3.23. The lowest BCUT2D eigenvalue weighted by molar-refractivity contribution is -0.116. The van der Waals surface area contributed by atoms with Crippen LogP contribution in [0.25, 0.3) is 4.96 Å². The number of aryl methyl sites for hydroxylation is 1.